The Bertz CT molecular complexity index is 1270. The van der Waals surface area contributed by atoms with Crippen LogP contribution in [0.25, 0.3) is 10.9 Å². The van der Waals surface area contributed by atoms with Gasteiger partial charge in [0.2, 0.25) is 5.95 Å². The van der Waals surface area contributed by atoms with Gasteiger partial charge in [-0.2, -0.15) is 4.98 Å². The first-order valence-corrected chi connectivity index (χ1v) is 13.8. The maximum atomic E-state index is 13.7. The zero-order valence-corrected chi connectivity index (χ0v) is 23.5. The molecule has 2 heterocycles. The fourth-order valence-electron chi connectivity index (χ4n) is 5.47. The lowest BCUT2D eigenvalue weighted by molar-refractivity contribution is 0.0766. The third kappa shape index (κ3) is 5.64. The number of methoxy groups -OCH3 is 2. The van der Waals surface area contributed by atoms with E-state index in [2.05, 4.69) is 42.8 Å². The maximum absolute atomic E-state index is 13.7. The molecule has 2 aromatic carbocycles. The Morgan fingerprint density at radius 2 is 1.55 bits per heavy atom. The Labute approximate surface area is 226 Å². The highest BCUT2D eigenvalue weighted by molar-refractivity contribution is 5.95. The molecule has 8 nitrogen and oxygen atoms in total. The predicted molar refractivity (Wildman–Crippen MR) is 154 cm³/mol. The van der Waals surface area contributed by atoms with Gasteiger partial charge in [-0.1, -0.05) is 33.6 Å². The van der Waals surface area contributed by atoms with Crippen LogP contribution in [0.4, 0.5) is 11.8 Å². The van der Waals surface area contributed by atoms with Gasteiger partial charge in [0.1, 0.15) is 5.82 Å². The highest BCUT2D eigenvalue weighted by atomic mass is 16.5. The van der Waals surface area contributed by atoms with Crippen molar-refractivity contribution in [1.29, 1.82) is 0 Å². The van der Waals surface area contributed by atoms with Crippen molar-refractivity contribution in [1.82, 2.24) is 14.9 Å². The number of ether oxygens (including phenoxy) is 2. The molecule has 1 fully saturated rings. The monoisotopic (exact) mass is 519 g/mol. The largest absolute Gasteiger partial charge is 0.493 e. The number of carbonyl (C=O) groups is 1. The molecule has 1 aromatic heterocycles. The molecule has 0 spiro atoms. The summed E-state index contributed by atoms with van der Waals surface area (Å²) in [4.78, 5) is 27.2. The summed E-state index contributed by atoms with van der Waals surface area (Å²) in [6, 6.07) is 7.91. The highest BCUT2D eigenvalue weighted by Crippen LogP contribution is 2.34. The molecular formula is C30H41N5O3. The van der Waals surface area contributed by atoms with Crippen LogP contribution in [0.1, 0.15) is 67.1 Å². The van der Waals surface area contributed by atoms with E-state index in [4.69, 9.17) is 20.2 Å². The molecular weight excluding hydrogens is 478 g/mol. The Morgan fingerprint density at radius 1 is 0.895 bits per heavy atom. The van der Waals surface area contributed by atoms with Crippen molar-refractivity contribution in [3.8, 4) is 11.5 Å². The molecule has 2 N–H and O–H groups in total. The van der Waals surface area contributed by atoms with Gasteiger partial charge in [0, 0.05) is 43.2 Å². The number of carbonyl (C=O) groups excluding carboxylic acids is 1. The number of nitrogens with two attached hydrogens (primary N) is 1. The Kier molecular flexibility index (Phi) is 8.92. The molecule has 0 unspecified atom stereocenters. The molecule has 8 heteroatoms. The first-order chi connectivity index (χ1) is 18.4. The number of nitrogens with zero attached hydrogens (tertiary/aromatic N) is 4. The van der Waals surface area contributed by atoms with Crippen LogP contribution in [-0.2, 0) is 19.3 Å². The fraction of sp³-hybridized carbons (Fsp3) is 0.500. The lowest BCUT2D eigenvalue weighted by Crippen LogP contribution is -2.35. The second kappa shape index (κ2) is 12.3. The van der Waals surface area contributed by atoms with Crippen LogP contribution < -0.4 is 20.1 Å². The number of anilines is 2. The molecule has 4 rings (SSSR count). The van der Waals surface area contributed by atoms with Gasteiger partial charge in [0.05, 0.1) is 19.7 Å². The molecule has 3 aromatic rings. The standard InChI is InChI=1S/C30H41N5O3/c1-6-10-20-16-22(17-21(11-7-2)23(20)8-3)29(36)34-12-9-13-35(15-14-34)30-32-25-19-27(38-5)26(37-4)18-24(25)28(31)33-30/h16-19H,6-15H2,1-5H3,(H2,31,32,33). The lowest BCUT2D eigenvalue weighted by atomic mass is 9.91. The van der Waals surface area contributed by atoms with E-state index < -0.39 is 0 Å². The van der Waals surface area contributed by atoms with Crippen LogP contribution in [-0.4, -0.2) is 61.2 Å². The summed E-state index contributed by atoms with van der Waals surface area (Å²) in [6.45, 7) is 9.31. The van der Waals surface area contributed by atoms with Gasteiger partial charge in [-0.05, 0) is 60.6 Å². The van der Waals surface area contributed by atoms with E-state index in [0.29, 0.717) is 48.4 Å². The van der Waals surface area contributed by atoms with Crippen molar-refractivity contribution < 1.29 is 14.3 Å². The third-order valence-electron chi connectivity index (χ3n) is 7.36. The van der Waals surface area contributed by atoms with E-state index in [-0.39, 0.29) is 5.91 Å². The average molecular weight is 520 g/mol. The molecule has 1 aliphatic heterocycles. The summed E-state index contributed by atoms with van der Waals surface area (Å²) in [7, 11) is 3.19. The molecule has 0 bridgehead atoms. The zero-order chi connectivity index (χ0) is 27.2. The SMILES string of the molecule is CCCc1cc(C(=O)N2CCCN(c3nc(N)c4cc(OC)c(OC)cc4n3)CC2)cc(CCC)c1CC. The number of hydrogen-bond acceptors (Lipinski definition) is 7. The van der Waals surface area contributed by atoms with E-state index in [0.717, 1.165) is 56.0 Å². The molecule has 204 valence electrons. The number of aromatic nitrogens is 2. The minimum Gasteiger partial charge on any atom is -0.493 e. The van der Waals surface area contributed by atoms with Crippen molar-refractivity contribution in [2.24, 2.45) is 0 Å². The maximum Gasteiger partial charge on any atom is 0.253 e. The van der Waals surface area contributed by atoms with Gasteiger partial charge < -0.3 is 25.0 Å². The summed E-state index contributed by atoms with van der Waals surface area (Å²) < 4.78 is 10.9. The summed E-state index contributed by atoms with van der Waals surface area (Å²) in [5.41, 5.74) is 11.9. The molecule has 0 aliphatic carbocycles. The van der Waals surface area contributed by atoms with Crippen molar-refractivity contribution >= 4 is 28.6 Å². The van der Waals surface area contributed by atoms with E-state index in [1.54, 1.807) is 20.3 Å². The minimum atomic E-state index is 0.111. The van der Waals surface area contributed by atoms with Gasteiger partial charge in [0.25, 0.3) is 5.91 Å². The number of amides is 1. The number of nitrogen functional groups attached to an aromatic ring is 1. The lowest BCUT2D eigenvalue weighted by Gasteiger charge is -2.24. The topological polar surface area (TPSA) is 93.8 Å². The van der Waals surface area contributed by atoms with E-state index in [1.165, 1.54) is 16.7 Å². The van der Waals surface area contributed by atoms with Crippen molar-refractivity contribution in [3.05, 3.63) is 46.5 Å². The van der Waals surface area contributed by atoms with Crippen LogP contribution in [0.5, 0.6) is 11.5 Å². The summed E-state index contributed by atoms with van der Waals surface area (Å²) in [5, 5.41) is 0.722. The smallest absolute Gasteiger partial charge is 0.253 e. The van der Waals surface area contributed by atoms with E-state index in [9.17, 15) is 4.79 Å². The number of benzene rings is 2. The van der Waals surface area contributed by atoms with Crippen molar-refractivity contribution in [2.75, 3.05) is 51.0 Å². The zero-order valence-electron chi connectivity index (χ0n) is 23.5. The van der Waals surface area contributed by atoms with Gasteiger partial charge in [-0.25, -0.2) is 4.98 Å². The fourth-order valence-corrected chi connectivity index (χ4v) is 5.47. The summed E-state index contributed by atoms with van der Waals surface area (Å²) in [6.07, 6.45) is 5.99. The number of fused-ring (bicyclic) bond motifs is 1. The second-order valence-corrected chi connectivity index (χ2v) is 9.89. The number of hydrogen-bond donors (Lipinski definition) is 1. The van der Waals surface area contributed by atoms with Crippen LogP contribution in [0.15, 0.2) is 24.3 Å². The average Bonchev–Trinajstić information content (AvgIpc) is 3.18. The summed E-state index contributed by atoms with van der Waals surface area (Å²) >= 11 is 0. The number of rotatable bonds is 9. The Morgan fingerprint density at radius 3 is 2.16 bits per heavy atom. The van der Waals surface area contributed by atoms with Gasteiger partial charge in [-0.3, -0.25) is 4.79 Å². The quantitative estimate of drug-likeness (QED) is 0.423. The van der Waals surface area contributed by atoms with E-state index >= 15 is 0 Å². The van der Waals surface area contributed by atoms with E-state index in [1.807, 2.05) is 11.0 Å². The summed E-state index contributed by atoms with van der Waals surface area (Å²) in [5.74, 6) is 2.25. The molecule has 1 amide bonds. The van der Waals surface area contributed by atoms with Crippen molar-refractivity contribution in [3.63, 3.8) is 0 Å². The molecule has 1 aliphatic rings. The molecule has 1 saturated heterocycles. The molecule has 0 saturated carbocycles. The predicted octanol–water partition coefficient (Wildman–Crippen LogP) is 5.05. The van der Waals surface area contributed by atoms with Crippen LogP contribution >= 0.6 is 0 Å². The van der Waals surface area contributed by atoms with Gasteiger partial charge in [-0.15, -0.1) is 0 Å². The van der Waals surface area contributed by atoms with Gasteiger partial charge in [0.15, 0.2) is 11.5 Å². The van der Waals surface area contributed by atoms with Crippen molar-refractivity contribution in [2.45, 2.75) is 59.3 Å². The Hall–Kier alpha value is -3.55. The molecule has 0 atom stereocenters. The first-order valence-electron chi connectivity index (χ1n) is 13.8. The van der Waals surface area contributed by atoms with Crippen LogP contribution in [0.3, 0.4) is 0 Å². The molecule has 38 heavy (non-hydrogen) atoms. The Balaban J connectivity index is 1.57. The second-order valence-electron chi connectivity index (χ2n) is 9.89. The van der Waals surface area contributed by atoms with Gasteiger partial charge >= 0.3 is 0 Å². The van der Waals surface area contributed by atoms with Crippen LogP contribution in [0.2, 0.25) is 0 Å². The van der Waals surface area contributed by atoms with Crippen LogP contribution in [0, 0.1) is 0 Å². The normalized spacial score (nSPS) is 14.0. The first kappa shape index (κ1) is 27.5. The highest BCUT2D eigenvalue weighted by Gasteiger charge is 2.24. The number of aryl methyl sites for hydroxylation is 2. The third-order valence-corrected chi connectivity index (χ3v) is 7.36. The minimum absolute atomic E-state index is 0.111. The molecule has 0 radical (unpaired) electrons.